The number of nitrogens with zero attached hydrogens (tertiary/aromatic N) is 3. The maximum absolute atomic E-state index is 11.8. The number of fused-ring (bicyclic) bond motifs is 1. The standard InChI is InChI=1S/C27H33N5O4/c1-3-35-22-7-8-24-23(15-22)27(29-20-14-25(33)28-16-20)31-26(30-24)19-5-4-6-21(13-19)36-12-10-32-9-11-34-17-18(32)2/h4-8,13,15,18,20H,3,9-12,14,16-17H2,1-2H3,(H,28,33)(H,29,30,31). The molecule has 2 saturated heterocycles. The summed E-state index contributed by atoms with van der Waals surface area (Å²) in [7, 11) is 0. The predicted octanol–water partition coefficient (Wildman–Crippen LogP) is 3.10. The second kappa shape index (κ2) is 11.1. The van der Waals surface area contributed by atoms with Crippen LogP contribution in [0.3, 0.4) is 0 Å². The largest absolute Gasteiger partial charge is 0.494 e. The maximum Gasteiger partial charge on any atom is 0.222 e. The molecule has 36 heavy (non-hydrogen) atoms. The molecule has 2 N–H and O–H groups in total. The molecular weight excluding hydrogens is 458 g/mol. The van der Waals surface area contributed by atoms with Gasteiger partial charge in [0.1, 0.15) is 23.9 Å². The van der Waals surface area contributed by atoms with Gasteiger partial charge in [-0.15, -0.1) is 0 Å². The van der Waals surface area contributed by atoms with Crippen LogP contribution in [0, 0.1) is 0 Å². The van der Waals surface area contributed by atoms with Crippen LogP contribution in [-0.4, -0.2) is 78.9 Å². The Balaban J connectivity index is 1.38. The van der Waals surface area contributed by atoms with Crippen LogP contribution in [0.2, 0.25) is 0 Å². The minimum absolute atomic E-state index is 0.0311. The van der Waals surface area contributed by atoms with E-state index < -0.39 is 0 Å². The van der Waals surface area contributed by atoms with Crippen LogP contribution in [0.4, 0.5) is 5.82 Å². The SMILES string of the molecule is CCOc1ccc2nc(-c3cccc(OCCN4CCOCC4C)c3)nc(NC3CNC(=O)C3)c2c1. The highest BCUT2D eigenvalue weighted by Gasteiger charge is 2.23. The fourth-order valence-electron chi connectivity index (χ4n) is 4.60. The third kappa shape index (κ3) is 5.68. The highest BCUT2D eigenvalue weighted by Crippen LogP contribution is 2.30. The normalized spacial score (nSPS) is 20.3. The smallest absolute Gasteiger partial charge is 0.222 e. The highest BCUT2D eigenvalue weighted by molar-refractivity contribution is 5.92. The van der Waals surface area contributed by atoms with Crippen LogP contribution in [0.25, 0.3) is 22.3 Å². The van der Waals surface area contributed by atoms with Crippen molar-refractivity contribution in [2.75, 3.05) is 51.4 Å². The first-order valence-electron chi connectivity index (χ1n) is 12.6. The second-order valence-corrected chi connectivity index (χ2v) is 9.19. The fraction of sp³-hybridized carbons (Fsp3) is 0.444. The van der Waals surface area contributed by atoms with Gasteiger partial charge in [-0.3, -0.25) is 9.69 Å². The van der Waals surface area contributed by atoms with Crippen molar-refractivity contribution in [1.29, 1.82) is 0 Å². The number of nitrogens with one attached hydrogen (secondary N) is 2. The molecular formula is C27H33N5O4. The van der Waals surface area contributed by atoms with E-state index in [9.17, 15) is 4.79 Å². The first kappa shape index (κ1) is 24.3. The lowest BCUT2D eigenvalue weighted by atomic mass is 10.1. The number of hydrogen-bond donors (Lipinski definition) is 2. The minimum Gasteiger partial charge on any atom is -0.494 e. The van der Waals surface area contributed by atoms with E-state index in [0.29, 0.717) is 43.9 Å². The fourth-order valence-corrected chi connectivity index (χ4v) is 4.60. The summed E-state index contributed by atoms with van der Waals surface area (Å²) in [5.74, 6) is 2.86. The molecule has 2 fully saturated rings. The number of amides is 1. The van der Waals surface area contributed by atoms with Crippen molar-refractivity contribution in [3.8, 4) is 22.9 Å². The minimum atomic E-state index is -0.0311. The van der Waals surface area contributed by atoms with Gasteiger partial charge in [-0.2, -0.15) is 0 Å². The molecule has 0 saturated carbocycles. The Morgan fingerprint density at radius 1 is 1.17 bits per heavy atom. The highest BCUT2D eigenvalue weighted by atomic mass is 16.5. The molecule has 2 unspecified atom stereocenters. The van der Waals surface area contributed by atoms with Gasteiger partial charge < -0.3 is 24.8 Å². The van der Waals surface area contributed by atoms with Crippen molar-refractivity contribution in [3.05, 3.63) is 42.5 Å². The molecule has 2 aliphatic heterocycles. The van der Waals surface area contributed by atoms with Crippen LogP contribution in [0.5, 0.6) is 11.5 Å². The molecule has 0 bridgehead atoms. The average Bonchev–Trinajstić information content (AvgIpc) is 3.30. The predicted molar refractivity (Wildman–Crippen MR) is 139 cm³/mol. The molecule has 3 aromatic rings. The zero-order valence-corrected chi connectivity index (χ0v) is 20.8. The van der Waals surface area contributed by atoms with E-state index in [1.165, 1.54) is 0 Å². The molecule has 1 aromatic heterocycles. The molecule has 1 amide bonds. The van der Waals surface area contributed by atoms with E-state index in [0.717, 1.165) is 54.3 Å². The Kier molecular flexibility index (Phi) is 7.48. The lowest BCUT2D eigenvalue weighted by Gasteiger charge is -2.32. The van der Waals surface area contributed by atoms with E-state index in [4.69, 9.17) is 24.2 Å². The number of anilines is 1. The van der Waals surface area contributed by atoms with E-state index in [1.54, 1.807) is 0 Å². The summed E-state index contributed by atoms with van der Waals surface area (Å²) in [6.07, 6.45) is 0.414. The molecule has 2 aliphatic rings. The van der Waals surface area contributed by atoms with Gasteiger partial charge in [0.05, 0.1) is 31.4 Å². The third-order valence-electron chi connectivity index (χ3n) is 6.54. The van der Waals surface area contributed by atoms with E-state index in [-0.39, 0.29) is 11.9 Å². The van der Waals surface area contributed by atoms with Crippen molar-refractivity contribution in [3.63, 3.8) is 0 Å². The average molecular weight is 492 g/mol. The van der Waals surface area contributed by atoms with Gasteiger partial charge in [0.25, 0.3) is 0 Å². The molecule has 2 aromatic carbocycles. The Morgan fingerprint density at radius 2 is 2.06 bits per heavy atom. The molecule has 0 radical (unpaired) electrons. The van der Waals surface area contributed by atoms with Crippen LogP contribution in [0.15, 0.2) is 42.5 Å². The van der Waals surface area contributed by atoms with Gasteiger partial charge in [0.2, 0.25) is 5.91 Å². The summed E-state index contributed by atoms with van der Waals surface area (Å²) in [6, 6.07) is 14.0. The van der Waals surface area contributed by atoms with Gasteiger partial charge in [-0.05, 0) is 44.2 Å². The van der Waals surface area contributed by atoms with Gasteiger partial charge in [-0.1, -0.05) is 12.1 Å². The Morgan fingerprint density at radius 3 is 2.86 bits per heavy atom. The topological polar surface area (TPSA) is 97.8 Å². The number of benzene rings is 2. The van der Waals surface area contributed by atoms with Crippen LogP contribution >= 0.6 is 0 Å². The maximum atomic E-state index is 11.8. The van der Waals surface area contributed by atoms with Gasteiger partial charge in [0.15, 0.2) is 5.82 Å². The molecule has 190 valence electrons. The number of ether oxygens (including phenoxy) is 3. The lowest BCUT2D eigenvalue weighted by Crippen LogP contribution is -2.45. The van der Waals surface area contributed by atoms with Crippen LogP contribution in [-0.2, 0) is 9.53 Å². The number of aromatic nitrogens is 2. The van der Waals surface area contributed by atoms with Gasteiger partial charge in [0, 0.05) is 43.0 Å². The Hall–Kier alpha value is -3.43. The molecule has 0 aliphatic carbocycles. The Bertz CT molecular complexity index is 1220. The summed E-state index contributed by atoms with van der Waals surface area (Å²) in [6.45, 7) is 9.19. The number of rotatable bonds is 9. The van der Waals surface area contributed by atoms with Gasteiger partial charge in [-0.25, -0.2) is 9.97 Å². The third-order valence-corrected chi connectivity index (χ3v) is 6.54. The number of carbonyl (C=O) groups excluding carboxylic acids is 1. The summed E-state index contributed by atoms with van der Waals surface area (Å²) < 4.78 is 17.3. The molecule has 9 heteroatoms. The molecule has 5 rings (SSSR count). The lowest BCUT2D eigenvalue weighted by molar-refractivity contribution is -0.119. The van der Waals surface area contributed by atoms with Crippen molar-refractivity contribution in [2.24, 2.45) is 0 Å². The zero-order chi connectivity index (χ0) is 24.9. The van der Waals surface area contributed by atoms with Crippen LogP contribution < -0.4 is 20.1 Å². The molecule has 3 heterocycles. The van der Waals surface area contributed by atoms with E-state index in [1.807, 2.05) is 49.4 Å². The summed E-state index contributed by atoms with van der Waals surface area (Å²) in [5, 5.41) is 7.18. The van der Waals surface area contributed by atoms with E-state index in [2.05, 4.69) is 22.5 Å². The number of carbonyl (C=O) groups is 1. The second-order valence-electron chi connectivity index (χ2n) is 9.19. The molecule has 0 spiro atoms. The summed E-state index contributed by atoms with van der Waals surface area (Å²) in [4.78, 5) is 23.8. The van der Waals surface area contributed by atoms with Crippen LogP contribution in [0.1, 0.15) is 20.3 Å². The monoisotopic (exact) mass is 491 g/mol. The first-order chi connectivity index (χ1) is 17.6. The summed E-state index contributed by atoms with van der Waals surface area (Å²) >= 11 is 0. The van der Waals surface area contributed by atoms with E-state index >= 15 is 0 Å². The van der Waals surface area contributed by atoms with Crippen molar-refractivity contribution in [2.45, 2.75) is 32.4 Å². The molecule has 2 atom stereocenters. The zero-order valence-electron chi connectivity index (χ0n) is 20.8. The molecule has 9 nitrogen and oxygen atoms in total. The number of hydrogen-bond acceptors (Lipinski definition) is 8. The van der Waals surface area contributed by atoms with Crippen molar-refractivity contribution < 1.29 is 19.0 Å². The Labute approximate surface area is 211 Å². The van der Waals surface area contributed by atoms with Crippen molar-refractivity contribution >= 4 is 22.6 Å². The summed E-state index contributed by atoms with van der Waals surface area (Å²) in [5.41, 5.74) is 1.67. The first-order valence-corrected chi connectivity index (χ1v) is 12.6. The number of morpholine rings is 1. The van der Waals surface area contributed by atoms with Crippen molar-refractivity contribution in [1.82, 2.24) is 20.2 Å². The van der Waals surface area contributed by atoms with Gasteiger partial charge >= 0.3 is 0 Å². The quantitative estimate of drug-likeness (QED) is 0.471.